The molecule has 1 aromatic heterocycles. The standard InChI is InChI=1S/C13H15N3O3/c1-15-6-5-14-12(15)8-16(2)13(19)10-7-9(17)3-4-11(10)18/h3-7,17-18H,8H2,1-2H3. The average molecular weight is 261 g/mol. The third-order valence-electron chi connectivity index (χ3n) is 2.86. The minimum atomic E-state index is -0.378. The van der Waals surface area contributed by atoms with Crippen LogP contribution in [0.2, 0.25) is 0 Å². The minimum Gasteiger partial charge on any atom is -0.508 e. The molecule has 2 aromatic rings. The highest BCUT2D eigenvalue weighted by Crippen LogP contribution is 2.23. The topological polar surface area (TPSA) is 78.6 Å². The molecule has 0 aliphatic carbocycles. The van der Waals surface area contributed by atoms with Crippen LogP contribution in [0.3, 0.4) is 0 Å². The third kappa shape index (κ3) is 2.67. The van der Waals surface area contributed by atoms with E-state index in [2.05, 4.69) is 4.98 Å². The lowest BCUT2D eigenvalue weighted by molar-refractivity contribution is 0.0777. The summed E-state index contributed by atoms with van der Waals surface area (Å²) in [6.45, 7) is 0.317. The Morgan fingerprint density at radius 3 is 2.79 bits per heavy atom. The summed E-state index contributed by atoms with van der Waals surface area (Å²) in [6, 6.07) is 3.86. The molecule has 0 aliphatic heterocycles. The fourth-order valence-corrected chi connectivity index (χ4v) is 1.73. The lowest BCUT2D eigenvalue weighted by Gasteiger charge is -2.17. The van der Waals surface area contributed by atoms with Gasteiger partial charge in [0, 0.05) is 26.5 Å². The van der Waals surface area contributed by atoms with E-state index in [0.29, 0.717) is 6.54 Å². The van der Waals surface area contributed by atoms with Crippen molar-refractivity contribution in [3.8, 4) is 11.5 Å². The van der Waals surface area contributed by atoms with Crippen LogP contribution in [0.4, 0.5) is 0 Å². The van der Waals surface area contributed by atoms with Crippen LogP contribution in [-0.2, 0) is 13.6 Å². The number of imidazole rings is 1. The monoisotopic (exact) mass is 261 g/mol. The van der Waals surface area contributed by atoms with E-state index in [4.69, 9.17) is 0 Å². The Bertz CT molecular complexity index is 607. The van der Waals surface area contributed by atoms with E-state index in [1.807, 2.05) is 11.6 Å². The molecule has 0 saturated carbocycles. The highest BCUT2D eigenvalue weighted by atomic mass is 16.3. The average Bonchev–Trinajstić information content (AvgIpc) is 2.77. The molecular weight excluding hydrogens is 246 g/mol. The second-order valence-corrected chi connectivity index (χ2v) is 4.32. The molecule has 1 amide bonds. The molecule has 0 radical (unpaired) electrons. The summed E-state index contributed by atoms with van der Waals surface area (Å²) in [7, 11) is 3.45. The largest absolute Gasteiger partial charge is 0.508 e. The number of hydrogen-bond donors (Lipinski definition) is 2. The van der Waals surface area contributed by atoms with Crippen LogP contribution in [-0.4, -0.2) is 37.6 Å². The van der Waals surface area contributed by atoms with Crippen molar-refractivity contribution in [2.75, 3.05) is 7.05 Å². The molecule has 1 heterocycles. The van der Waals surface area contributed by atoms with E-state index < -0.39 is 0 Å². The fourth-order valence-electron chi connectivity index (χ4n) is 1.73. The maximum Gasteiger partial charge on any atom is 0.257 e. The number of amides is 1. The number of benzene rings is 1. The SMILES string of the molecule is CN(Cc1nccn1C)C(=O)c1cc(O)ccc1O. The van der Waals surface area contributed by atoms with Crippen LogP contribution in [0.5, 0.6) is 11.5 Å². The van der Waals surface area contributed by atoms with Crippen molar-refractivity contribution in [2.24, 2.45) is 7.05 Å². The molecule has 0 aliphatic rings. The number of aromatic nitrogens is 2. The minimum absolute atomic E-state index is 0.0634. The molecule has 1 aromatic carbocycles. The molecule has 0 fully saturated rings. The van der Waals surface area contributed by atoms with Crippen LogP contribution in [0.15, 0.2) is 30.6 Å². The highest BCUT2D eigenvalue weighted by Gasteiger charge is 2.17. The first-order valence-electron chi connectivity index (χ1n) is 5.72. The van der Waals surface area contributed by atoms with E-state index in [1.54, 1.807) is 19.4 Å². The molecule has 100 valence electrons. The zero-order chi connectivity index (χ0) is 14.0. The Kier molecular flexibility index (Phi) is 3.41. The Morgan fingerprint density at radius 1 is 1.42 bits per heavy atom. The zero-order valence-corrected chi connectivity index (χ0v) is 10.7. The summed E-state index contributed by atoms with van der Waals surface area (Å²) < 4.78 is 1.81. The van der Waals surface area contributed by atoms with Gasteiger partial charge in [0.2, 0.25) is 0 Å². The first kappa shape index (κ1) is 12.9. The molecule has 0 unspecified atom stereocenters. The molecule has 6 heteroatoms. The smallest absolute Gasteiger partial charge is 0.257 e. The van der Waals surface area contributed by atoms with Gasteiger partial charge in [-0.2, -0.15) is 0 Å². The lowest BCUT2D eigenvalue weighted by Crippen LogP contribution is -2.27. The predicted molar refractivity (Wildman–Crippen MR) is 68.8 cm³/mol. The Balaban J connectivity index is 2.19. The van der Waals surface area contributed by atoms with Crippen LogP contribution in [0, 0.1) is 0 Å². The molecule has 19 heavy (non-hydrogen) atoms. The van der Waals surface area contributed by atoms with Crippen molar-refractivity contribution in [2.45, 2.75) is 6.54 Å². The molecule has 0 atom stereocenters. The molecule has 0 saturated heterocycles. The van der Waals surface area contributed by atoms with Crippen molar-refractivity contribution in [1.29, 1.82) is 0 Å². The fraction of sp³-hybridized carbons (Fsp3) is 0.231. The van der Waals surface area contributed by atoms with E-state index in [9.17, 15) is 15.0 Å². The summed E-state index contributed by atoms with van der Waals surface area (Å²) in [5.41, 5.74) is 0.0664. The van der Waals surface area contributed by atoms with Crippen LogP contribution in [0.25, 0.3) is 0 Å². The van der Waals surface area contributed by atoms with Crippen LogP contribution < -0.4 is 0 Å². The maximum absolute atomic E-state index is 12.2. The van der Waals surface area contributed by atoms with Crippen LogP contribution in [0.1, 0.15) is 16.2 Å². The van der Waals surface area contributed by atoms with E-state index >= 15 is 0 Å². The normalized spacial score (nSPS) is 10.4. The second-order valence-electron chi connectivity index (χ2n) is 4.32. The van der Waals surface area contributed by atoms with Gasteiger partial charge in [-0.15, -0.1) is 0 Å². The van der Waals surface area contributed by atoms with Gasteiger partial charge < -0.3 is 19.7 Å². The van der Waals surface area contributed by atoms with Gasteiger partial charge in [0.05, 0.1) is 12.1 Å². The molecule has 2 N–H and O–H groups in total. The number of aryl methyl sites for hydroxylation is 1. The number of aromatic hydroxyl groups is 2. The predicted octanol–water partition coefficient (Wildman–Crippen LogP) is 1.10. The second kappa shape index (κ2) is 5.01. The van der Waals surface area contributed by atoms with Crippen molar-refractivity contribution in [1.82, 2.24) is 14.5 Å². The summed E-state index contributed by atoms with van der Waals surface area (Å²) in [6.07, 6.45) is 3.44. The van der Waals surface area contributed by atoms with Gasteiger partial charge >= 0.3 is 0 Å². The number of nitrogens with zero attached hydrogens (tertiary/aromatic N) is 3. The Hall–Kier alpha value is -2.50. The molecule has 0 bridgehead atoms. The lowest BCUT2D eigenvalue weighted by atomic mass is 10.1. The highest BCUT2D eigenvalue weighted by molar-refractivity contribution is 5.97. The Morgan fingerprint density at radius 2 is 2.16 bits per heavy atom. The quantitative estimate of drug-likeness (QED) is 0.811. The zero-order valence-electron chi connectivity index (χ0n) is 10.7. The number of phenols is 2. The van der Waals surface area contributed by atoms with Crippen molar-refractivity contribution < 1.29 is 15.0 Å². The van der Waals surface area contributed by atoms with E-state index in [-0.39, 0.29) is 23.0 Å². The molecular formula is C13H15N3O3. The number of rotatable bonds is 3. The Labute approximate surface area is 110 Å². The number of phenolic OH excluding ortho intramolecular Hbond substituents is 2. The van der Waals surface area contributed by atoms with Crippen molar-refractivity contribution in [3.63, 3.8) is 0 Å². The third-order valence-corrected chi connectivity index (χ3v) is 2.86. The first-order valence-corrected chi connectivity index (χ1v) is 5.72. The first-order chi connectivity index (χ1) is 8.99. The van der Waals surface area contributed by atoms with Gasteiger partial charge in [-0.1, -0.05) is 0 Å². The van der Waals surface area contributed by atoms with Crippen LogP contribution >= 0.6 is 0 Å². The summed E-state index contributed by atoms with van der Waals surface area (Å²) in [5, 5.41) is 19.0. The summed E-state index contributed by atoms with van der Waals surface area (Å²) in [4.78, 5) is 17.7. The van der Waals surface area contributed by atoms with Gasteiger partial charge in [-0.05, 0) is 18.2 Å². The van der Waals surface area contributed by atoms with E-state index in [1.165, 1.54) is 23.1 Å². The number of hydrogen-bond acceptors (Lipinski definition) is 4. The molecule has 6 nitrogen and oxygen atoms in total. The van der Waals surface area contributed by atoms with Gasteiger partial charge in [-0.3, -0.25) is 4.79 Å². The molecule has 0 spiro atoms. The summed E-state index contributed by atoms with van der Waals surface area (Å²) in [5.74, 6) is 0.132. The maximum atomic E-state index is 12.2. The van der Waals surface area contributed by atoms with Gasteiger partial charge in [0.15, 0.2) is 0 Å². The number of carbonyl (C=O) groups excluding carboxylic acids is 1. The van der Waals surface area contributed by atoms with E-state index in [0.717, 1.165) is 5.82 Å². The number of carbonyl (C=O) groups is 1. The van der Waals surface area contributed by atoms with Gasteiger partial charge in [-0.25, -0.2) is 4.98 Å². The van der Waals surface area contributed by atoms with Gasteiger partial charge in [0.25, 0.3) is 5.91 Å². The molecule has 2 rings (SSSR count). The van der Waals surface area contributed by atoms with Crippen molar-refractivity contribution >= 4 is 5.91 Å². The van der Waals surface area contributed by atoms with Crippen molar-refractivity contribution in [3.05, 3.63) is 42.0 Å². The van der Waals surface area contributed by atoms with Gasteiger partial charge in [0.1, 0.15) is 17.3 Å². The summed E-state index contributed by atoms with van der Waals surface area (Å²) >= 11 is 0.